The van der Waals surface area contributed by atoms with E-state index in [4.69, 9.17) is 14.0 Å². The largest absolute Gasteiger partial charge is 0.384 e. The molecule has 2 aliphatic rings. The fourth-order valence-electron chi connectivity index (χ4n) is 4.44. The van der Waals surface area contributed by atoms with Crippen molar-refractivity contribution in [2.45, 2.75) is 64.1 Å². The molecule has 0 aliphatic heterocycles. The highest BCUT2D eigenvalue weighted by Crippen LogP contribution is 2.56. The molecule has 0 aromatic carbocycles. The van der Waals surface area contributed by atoms with E-state index in [1.807, 2.05) is 0 Å². The van der Waals surface area contributed by atoms with Crippen LogP contribution in [0.3, 0.4) is 0 Å². The van der Waals surface area contributed by atoms with E-state index in [2.05, 4.69) is 29.0 Å². The van der Waals surface area contributed by atoms with Gasteiger partial charge in [-0.3, -0.25) is 4.90 Å². The summed E-state index contributed by atoms with van der Waals surface area (Å²) in [5.74, 6) is 1.43. The van der Waals surface area contributed by atoms with Crippen molar-refractivity contribution >= 4 is 0 Å². The van der Waals surface area contributed by atoms with Crippen molar-refractivity contribution in [1.29, 1.82) is 0 Å². The van der Waals surface area contributed by atoms with Gasteiger partial charge in [0.1, 0.15) is 0 Å². The summed E-state index contributed by atoms with van der Waals surface area (Å²) in [6, 6.07) is 0.566. The second-order valence-corrected chi connectivity index (χ2v) is 6.90. The summed E-state index contributed by atoms with van der Waals surface area (Å²) in [6.07, 6.45) is 7.48. The lowest BCUT2D eigenvalue weighted by Gasteiger charge is -2.57. The lowest BCUT2D eigenvalue weighted by Crippen LogP contribution is -2.62. The maximum atomic E-state index is 6.00. The Morgan fingerprint density at radius 3 is 2.83 bits per heavy atom. The molecule has 130 valence electrons. The second kappa shape index (κ2) is 7.28. The quantitative estimate of drug-likeness (QED) is 0.732. The molecule has 0 bridgehead atoms. The molecule has 2 saturated carbocycles. The fourth-order valence-corrected chi connectivity index (χ4v) is 4.44. The summed E-state index contributed by atoms with van der Waals surface area (Å²) in [5, 5.41) is 4.03. The number of hydrogen-bond acceptors (Lipinski definition) is 6. The zero-order valence-corrected chi connectivity index (χ0v) is 14.6. The van der Waals surface area contributed by atoms with Crippen LogP contribution in [0.5, 0.6) is 0 Å². The van der Waals surface area contributed by atoms with Gasteiger partial charge < -0.3 is 14.0 Å². The zero-order chi connectivity index (χ0) is 16.3. The van der Waals surface area contributed by atoms with E-state index in [0.29, 0.717) is 43.0 Å². The first kappa shape index (κ1) is 16.9. The van der Waals surface area contributed by atoms with Gasteiger partial charge >= 0.3 is 0 Å². The Labute approximate surface area is 138 Å². The van der Waals surface area contributed by atoms with Crippen molar-refractivity contribution in [2.75, 3.05) is 27.4 Å². The molecule has 6 heteroatoms. The minimum Gasteiger partial charge on any atom is -0.384 e. The molecule has 2 atom stereocenters. The van der Waals surface area contributed by atoms with Crippen molar-refractivity contribution in [2.24, 2.45) is 5.41 Å². The Bertz CT molecular complexity index is 499. The minimum atomic E-state index is 0.351. The predicted molar refractivity (Wildman–Crippen MR) is 86.1 cm³/mol. The number of aromatic nitrogens is 2. The van der Waals surface area contributed by atoms with Crippen LogP contribution in [0.25, 0.3) is 0 Å². The molecule has 6 nitrogen and oxygen atoms in total. The average Bonchev–Trinajstić information content (AvgIpc) is 3.19. The highest BCUT2D eigenvalue weighted by molar-refractivity contribution is 5.10. The number of ether oxygens (including phenoxy) is 2. The number of methoxy groups -OCH3 is 1. The average molecular weight is 323 g/mol. The molecule has 1 spiro atoms. The lowest BCUT2D eigenvalue weighted by molar-refractivity contribution is -0.163. The van der Waals surface area contributed by atoms with Gasteiger partial charge in [0.25, 0.3) is 0 Å². The fraction of sp³-hybridized carbons (Fsp3) is 0.882. The molecule has 1 heterocycles. The van der Waals surface area contributed by atoms with Gasteiger partial charge in [-0.05, 0) is 33.2 Å². The van der Waals surface area contributed by atoms with Gasteiger partial charge in [0.05, 0.1) is 19.3 Å². The van der Waals surface area contributed by atoms with E-state index in [-0.39, 0.29) is 0 Å². The van der Waals surface area contributed by atoms with E-state index in [9.17, 15) is 0 Å². The van der Waals surface area contributed by atoms with Crippen LogP contribution in [0.1, 0.15) is 50.7 Å². The monoisotopic (exact) mass is 323 g/mol. The van der Waals surface area contributed by atoms with E-state index in [1.54, 1.807) is 7.11 Å². The molecule has 2 aliphatic carbocycles. The van der Waals surface area contributed by atoms with Crippen molar-refractivity contribution in [3.8, 4) is 0 Å². The molecule has 0 amide bonds. The smallest absolute Gasteiger partial charge is 0.240 e. The third-order valence-corrected chi connectivity index (χ3v) is 5.60. The lowest BCUT2D eigenvalue weighted by atomic mass is 9.60. The van der Waals surface area contributed by atoms with Crippen LogP contribution in [0.15, 0.2) is 4.52 Å². The summed E-state index contributed by atoms with van der Waals surface area (Å²) < 4.78 is 16.4. The first-order valence-corrected chi connectivity index (χ1v) is 8.82. The Balaban J connectivity index is 1.59. The van der Waals surface area contributed by atoms with Gasteiger partial charge in [-0.15, -0.1) is 0 Å². The molecule has 0 radical (unpaired) electrons. The van der Waals surface area contributed by atoms with E-state index < -0.39 is 0 Å². The topological polar surface area (TPSA) is 60.6 Å². The first-order valence-electron chi connectivity index (χ1n) is 8.82. The summed E-state index contributed by atoms with van der Waals surface area (Å²) in [6.45, 7) is 4.25. The van der Waals surface area contributed by atoms with Crippen molar-refractivity contribution in [3.05, 3.63) is 11.7 Å². The summed E-state index contributed by atoms with van der Waals surface area (Å²) in [4.78, 5) is 6.85. The molecule has 0 unspecified atom stereocenters. The van der Waals surface area contributed by atoms with Gasteiger partial charge in [-0.25, -0.2) is 0 Å². The molecule has 0 N–H and O–H groups in total. The summed E-state index contributed by atoms with van der Waals surface area (Å²) in [5.41, 5.74) is 0.351. The number of hydrogen-bond donors (Lipinski definition) is 0. The first-order chi connectivity index (χ1) is 11.2. The maximum absolute atomic E-state index is 6.00. The van der Waals surface area contributed by atoms with Crippen LogP contribution in [-0.2, 0) is 22.4 Å². The Morgan fingerprint density at radius 1 is 1.35 bits per heavy atom. The molecule has 2 fully saturated rings. The Hall–Kier alpha value is -0.980. The third-order valence-electron chi connectivity index (χ3n) is 5.60. The van der Waals surface area contributed by atoms with Gasteiger partial charge in [0.2, 0.25) is 5.89 Å². The molecular formula is C17H29N3O3. The van der Waals surface area contributed by atoms with Crippen LogP contribution in [-0.4, -0.2) is 54.6 Å². The normalized spacial score (nSPS) is 26.1. The van der Waals surface area contributed by atoms with Gasteiger partial charge in [-0.2, -0.15) is 4.98 Å². The van der Waals surface area contributed by atoms with Gasteiger partial charge in [0, 0.05) is 31.6 Å². The SMILES string of the molecule is CCO[C@@H]1C[C@@H](N(C)Cc2nc(CCOC)no2)C12CCCC2. The van der Waals surface area contributed by atoms with Crippen molar-refractivity contribution in [1.82, 2.24) is 15.0 Å². The highest BCUT2D eigenvalue weighted by Gasteiger charge is 2.57. The molecular weight excluding hydrogens is 294 g/mol. The zero-order valence-electron chi connectivity index (χ0n) is 14.6. The summed E-state index contributed by atoms with van der Waals surface area (Å²) >= 11 is 0. The Kier molecular flexibility index (Phi) is 5.34. The maximum Gasteiger partial charge on any atom is 0.240 e. The van der Waals surface area contributed by atoms with Crippen LogP contribution < -0.4 is 0 Å². The predicted octanol–water partition coefficient (Wildman–Crippen LogP) is 2.43. The molecule has 1 aromatic heterocycles. The second-order valence-electron chi connectivity index (χ2n) is 6.90. The molecule has 23 heavy (non-hydrogen) atoms. The number of rotatable bonds is 8. The van der Waals surface area contributed by atoms with Gasteiger partial charge in [-0.1, -0.05) is 18.0 Å². The molecule has 0 saturated heterocycles. The van der Waals surface area contributed by atoms with Crippen molar-refractivity contribution < 1.29 is 14.0 Å². The minimum absolute atomic E-state index is 0.351. The van der Waals surface area contributed by atoms with Crippen LogP contribution in [0.4, 0.5) is 0 Å². The Morgan fingerprint density at radius 2 is 2.13 bits per heavy atom. The summed E-state index contributed by atoms with van der Waals surface area (Å²) in [7, 11) is 3.85. The van der Waals surface area contributed by atoms with E-state index in [0.717, 1.165) is 18.9 Å². The molecule has 1 aromatic rings. The van der Waals surface area contributed by atoms with E-state index in [1.165, 1.54) is 25.7 Å². The van der Waals surface area contributed by atoms with Crippen molar-refractivity contribution in [3.63, 3.8) is 0 Å². The standard InChI is InChI=1S/C17H29N3O3/c1-4-22-14-11-13(17(14)8-5-6-9-17)20(2)12-16-18-15(19-23-16)7-10-21-3/h13-14H,4-12H2,1-3H3/t13-,14-/m1/s1. The van der Waals surface area contributed by atoms with E-state index >= 15 is 0 Å². The third kappa shape index (κ3) is 3.30. The number of nitrogens with zero attached hydrogens (tertiary/aromatic N) is 3. The van der Waals surface area contributed by atoms with Gasteiger partial charge in [0.15, 0.2) is 5.82 Å². The highest BCUT2D eigenvalue weighted by atomic mass is 16.5. The van der Waals surface area contributed by atoms with Crippen LogP contribution in [0.2, 0.25) is 0 Å². The molecule has 3 rings (SSSR count). The van der Waals surface area contributed by atoms with Crippen LogP contribution in [0, 0.1) is 5.41 Å². The van der Waals surface area contributed by atoms with Crippen LogP contribution >= 0.6 is 0 Å².